The van der Waals surface area contributed by atoms with Crippen LogP contribution < -0.4 is 5.32 Å². The van der Waals surface area contributed by atoms with Crippen LogP contribution in [0.4, 0.5) is 0 Å². The molecule has 1 aliphatic heterocycles. The molecule has 0 radical (unpaired) electrons. The van der Waals surface area contributed by atoms with Gasteiger partial charge in [-0.2, -0.15) is 5.26 Å². The standard InChI is InChI=1S/C6H10N2.C2H6/c7-4-6-2-1-3-8-5-6;1-2/h6,8H,1-3,5H2;1-2H3. The van der Waals surface area contributed by atoms with Gasteiger partial charge in [-0.25, -0.2) is 0 Å². The van der Waals surface area contributed by atoms with E-state index in [2.05, 4.69) is 11.4 Å². The van der Waals surface area contributed by atoms with Gasteiger partial charge in [0.05, 0.1) is 12.0 Å². The smallest absolute Gasteiger partial charge is 0.0669 e. The van der Waals surface area contributed by atoms with Crippen LogP contribution in [-0.2, 0) is 0 Å². The van der Waals surface area contributed by atoms with Crippen molar-refractivity contribution in [2.75, 3.05) is 13.1 Å². The van der Waals surface area contributed by atoms with Crippen LogP contribution in [0.3, 0.4) is 0 Å². The minimum absolute atomic E-state index is 0.281. The van der Waals surface area contributed by atoms with Crippen molar-refractivity contribution in [2.45, 2.75) is 26.7 Å². The Hall–Kier alpha value is -0.550. The summed E-state index contributed by atoms with van der Waals surface area (Å²) in [7, 11) is 0. The summed E-state index contributed by atoms with van der Waals surface area (Å²) in [5.41, 5.74) is 0. The molecule has 1 heterocycles. The Morgan fingerprint density at radius 3 is 2.50 bits per heavy atom. The largest absolute Gasteiger partial charge is 0.315 e. The lowest BCUT2D eigenvalue weighted by molar-refractivity contribution is 0.446. The van der Waals surface area contributed by atoms with Gasteiger partial charge in [-0.1, -0.05) is 13.8 Å². The second-order valence-electron chi connectivity index (χ2n) is 2.17. The molecule has 1 aliphatic rings. The van der Waals surface area contributed by atoms with E-state index in [1.54, 1.807) is 0 Å². The number of nitrogens with zero attached hydrogens (tertiary/aromatic N) is 1. The monoisotopic (exact) mass is 140 g/mol. The zero-order valence-electron chi connectivity index (χ0n) is 6.85. The number of nitrogens with one attached hydrogen (secondary N) is 1. The molecular formula is C8H16N2. The predicted molar refractivity (Wildman–Crippen MR) is 42.6 cm³/mol. The fraction of sp³-hybridized carbons (Fsp3) is 0.875. The normalized spacial score (nSPS) is 23.9. The Labute approximate surface area is 63.2 Å². The minimum Gasteiger partial charge on any atom is -0.315 e. The van der Waals surface area contributed by atoms with E-state index < -0.39 is 0 Å². The van der Waals surface area contributed by atoms with Crippen LogP contribution >= 0.6 is 0 Å². The van der Waals surface area contributed by atoms with Crippen LogP contribution in [0.2, 0.25) is 0 Å². The Morgan fingerprint density at radius 2 is 2.20 bits per heavy atom. The molecule has 0 aromatic rings. The van der Waals surface area contributed by atoms with Crippen molar-refractivity contribution < 1.29 is 0 Å². The van der Waals surface area contributed by atoms with E-state index in [1.165, 1.54) is 0 Å². The Morgan fingerprint density at radius 1 is 1.50 bits per heavy atom. The maximum atomic E-state index is 8.40. The summed E-state index contributed by atoms with van der Waals surface area (Å²) in [6, 6.07) is 2.24. The molecule has 1 atom stereocenters. The van der Waals surface area contributed by atoms with E-state index in [-0.39, 0.29) is 5.92 Å². The maximum Gasteiger partial charge on any atom is 0.0669 e. The molecule has 2 nitrogen and oxygen atoms in total. The predicted octanol–water partition coefficient (Wildman–Crippen LogP) is 1.54. The zero-order chi connectivity index (χ0) is 7.82. The van der Waals surface area contributed by atoms with Crippen molar-refractivity contribution >= 4 is 0 Å². The number of hydrogen-bond donors (Lipinski definition) is 1. The average molecular weight is 140 g/mol. The molecule has 10 heavy (non-hydrogen) atoms. The third-order valence-electron chi connectivity index (χ3n) is 1.48. The van der Waals surface area contributed by atoms with Gasteiger partial charge in [0.1, 0.15) is 0 Å². The molecule has 0 spiro atoms. The number of nitriles is 1. The molecule has 1 saturated heterocycles. The summed E-state index contributed by atoms with van der Waals surface area (Å²) in [6.45, 7) is 5.99. The summed E-state index contributed by atoms with van der Waals surface area (Å²) in [6.07, 6.45) is 2.25. The first-order valence-corrected chi connectivity index (χ1v) is 4.04. The van der Waals surface area contributed by atoms with Gasteiger partial charge in [0.25, 0.3) is 0 Å². The highest BCUT2D eigenvalue weighted by Crippen LogP contribution is 2.06. The van der Waals surface area contributed by atoms with Crippen LogP contribution in [-0.4, -0.2) is 13.1 Å². The van der Waals surface area contributed by atoms with Crippen molar-refractivity contribution in [1.29, 1.82) is 5.26 Å². The molecule has 0 amide bonds. The number of rotatable bonds is 0. The van der Waals surface area contributed by atoms with Crippen LogP contribution in [0, 0.1) is 17.2 Å². The first-order valence-electron chi connectivity index (χ1n) is 4.04. The summed E-state index contributed by atoms with van der Waals surface area (Å²) in [5.74, 6) is 0.281. The quantitative estimate of drug-likeness (QED) is 0.554. The Kier molecular flexibility index (Phi) is 6.21. The van der Waals surface area contributed by atoms with E-state index in [1.807, 2.05) is 13.8 Å². The number of piperidine rings is 1. The molecule has 1 fully saturated rings. The molecule has 0 bridgehead atoms. The molecule has 0 aromatic carbocycles. The third-order valence-corrected chi connectivity index (χ3v) is 1.48. The van der Waals surface area contributed by atoms with Crippen LogP contribution in [0.25, 0.3) is 0 Å². The molecule has 1 rings (SSSR count). The third kappa shape index (κ3) is 3.47. The lowest BCUT2D eigenvalue weighted by Gasteiger charge is -2.15. The first-order chi connectivity index (χ1) is 4.93. The van der Waals surface area contributed by atoms with Crippen LogP contribution in [0.15, 0.2) is 0 Å². The molecule has 2 heteroatoms. The second kappa shape index (κ2) is 6.57. The fourth-order valence-corrected chi connectivity index (χ4v) is 0.962. The fourth-order valence-electron chi connectivity index (χ4n) is 0.962. The van der Waals surface area contributed by atoms with E-state index >= 15 is 0 Å². The molecule has 58 valence electrons. The second-order valence-corrected chi connectivity index (χ2v) is 2.17. The van der Waals surface area contributed by atoms with E-state index in [9.17, 15) is 0 Å². The molecule has 0 aliphatic carbocycles. The van der Waals surface area contributed by atoms with Crippen molar-refractivity contribution in [3.8, 4) is 6.07 Å². The van der Waals surface area contributed by atoms with Crippen LogP contribution in [0.1, 0.15) is 26.7 Å². The Bertz CT molecular complexity index is 98.3. The average Bonchev–Trinajstić information content (AvgIpc) is 2.10. The van der Waals surface area contributed by atoms with E-state index in [4.69, 9.17) is 5.26 Å². The van der Waals surface area contributed by atoms with Gasteiger partial charge in [-0.05, 0) is 19.4 Å². The van der Waals surface area contributed by atoms with Crippen molar-refractivity contribution in [3.05, 3.63) is 0 Å². The van der Waals surface area contributed by atoms with Crippen molar-refractivity contribution in [1.82, 2.24) is 5.32 Å². The first kappa shape index (κ1) is 9.45. The van der Waals surface area contributed by atoms with Crippen molar-refractivity contribution in [2.24, 2.45) is 5.92 Å². The highest BCUT2D eigenvalue weighted by Gasteiger charge is 2.09. The summed E-state index contributed by atoms with van der Waals surface area (Å²) in [5, 5.41) is 11.6. The molecule has 0 aromatic heterocycles. The van der Waals surface area contributed by atoms with Gasteiger partial charge in [-0.3, -0.25) is 0 Å². The van der Waals surface area contributed by atoms with Gasteiger partial charge >= 0.3 is 0 Å². The van der Waals surface area contributed by atoms with Crippen molar-refractivity contribution in [3.63, 3.8) is 0 Å². The van der Waals surface area contributed by atoms with Gasteiger partial charge in [0.2, 0.25) is 0 Å². The Balaban J connectivity index is 0.000000371. The topological polar surface area (TPSA) is 35.8 Å². The number of hydrogen-bond acceptors (Lipinski definition) is 2. The summed E-state index contributed by atoms with van der Waals surface area (Å²) in [4.78, 5) is 0. The lowest BCUT2D eigenvalue weighted by Crippen LogP contribution is -2.28. The highest BCUT2D eigenvalue weighted by atomic mass is 14.9. The minimum atomic E-state index is 0.281. The van der Waals surface area contributed by atoms with E-state index in [0.717, 1.165) is 25.9 Å². The summed E-state index contributed by atoms with van der Waals surface area (Å²) < 4.78 is 0. The van der Waals surface area contributed by atoms with E-state index in [0.29, 0.717) is 0 Å². The molecule has 1 unspecified atom stereocenters. The highest BCUT2D eigenvalue weighted by molar-refractivity contribution is 4.86. The van der Waals surface area contributed by atoms with Gasteiger partial charge in [0, 0.05) is 6.54 Å². The SMILES string of the molecule is CC.N#CC1CCCNC1. The zero-order valence-corrected chi connectivity index (χ0v) is 6.85. The molecule has 1 N–H and O–H groups in total. The van der Waals surface area contributed by atoms with Crippen LogP contribution in [0.5, 0.6) is 0 Å². The van der Waals surface area contributed by atoms with Gasteiger partial charge < -0.3 is 5.32 Å². The van der Waals surface area contributed by atoms with Gasteiger partial charge in [-0.15, -0.1) is 0 Å². The summed E-state index contributed by atoms with van der Waals surface area (Å²) >= 11 is 0. The molecule has 0 saturated carbocycles. The van der Waals surface area contributed by atoms with Gasteiger partial charge in [0.15, 0.2) is 0 Å². The lowest BCUT2D eigenvalue weighted by atomic mass is 10.0. The molecular weight excluding hydrogens is 124 g/mol. The maximum absolute atomic E-state index is 8.40.